The summed E-state index contributed by atoms with van der Waals surface area (Å²) in [6, 6.07) is 12.4. The topological polar surface area (TPSA) is 109 Å². The summed E-state index contributed by atoms with van der Waals surface area (Å²) in [4.78, 5) is 42.4. The van der Waals surface area contributed by atoms with Gasteiger partial charge in [-0.05, 0) is 44.0 Å². The first-order valence-electron chi connectivity index (χ1n) is 10.9. The molecule has 1 aromatic heterocycles. The molecule has 1 aliphatic heterocycles. The lowest BCUT2D eigenvalue weighted by atomic mass is 10.2. The number of carbonyl (C=O) groups excluding carboxylic acids is 2. The summed E-state index contributed by atoms with van der Waals surface area (Å²) < 4.78 is 17.6. The summed E-state index contributed by atoms with van der Waals surface area (Å²) in [5.41, 5.74) is 1.04. The van der Waals surface area contributed by atoms with Crippen LogP contribution >= 0.6 is 0 Å². The Morgan fingerprint density at radius 3 is 2.79 bits per heavy atom. The highest BCUT2D eigenvalue weighted by molar-refractivity contribution is 5.95. The molecular weight excluding hydrogens is 426 g/mol. The number of rotatable bonds is 7. The average Bonchev–Trinajstić information content (AvgIpc) is 3.53. The Kier molecular flexibility index (Phi) is 5.45. The van der Waals surface area contributed by atoms with Crippen molar-refractivity contribution in [1.82, 2.24) is 9.55 Å². The van der Waals surface area contributed by atoms with Gasteiger partial charge in [0.05, 0.1) is 17.3 Å². The Morgan fingerprint density at radius 1 is 1.18 bits per heavy atom. The zero-order chi connectivity index (χ0) is 22.9. The Labute approximate surface area is 189 Å². The predicted octanol–water partition coefficient (Wildman–Crippen LogP) is 2.96. The lowest BCUT2D eigenvalue weighted by Gasteiger charge is -2.15. The molecule has 170 valence electrons. The molecule has 9 nitrogen and oxygen atoms in total. The zero-order valence-corrected chi connectivity index (χ0v) is 18.1. The molecule has 1 fully saturated rings. The van der Waals surface area contributed by atoms with Gasteiger partial charge >= 0.3 is 5.97 Å². The molecule has 3 aromatic rings. The second-order valence-electron chi connectivity index (χ2n) is 8.14. The van der Waals surface area contributed by atoms with E-state index in [0.29, 0.717) is 33.9 Å². The number of anilines is 1. The van der Waals surface area contributed by atoms with Crippen molar-refractivity contribution in [3.05, 3.63) is 58.6 Å². The molecule has 1 saturated carbocycles. The maximum Gasteiger partial charge on any atom is 0.307 e. The van der Waals surface area contributed by atoms with Crippen LogP contribution in [0, 0.1) is 0 Å². The van der Waals surface area contributed by atoms with Crippen LogP contribution in [0.2, 0.25) is 0 Å². The van der Waals surface area contributed by atoms with E-state index < -0.39 is 18.0 Å². The molecule has 0 spiro atoms. The van der Waals surface area contributed by atoms with Gasteiger partial charge in [0, 0.05) is 24.2 Å². The molecule has 0 bridgehead atoms. The number of benzene rings is 2. The smallest absolute Gasteiger partial charge is 0.307 e. The summed E-state index contributed by atoms with van der Waals surface area (Å²) >= 11 is 0. The first-order chi connectivity index (χ1) is 16.0. The Balaban J connectivity index is 1.22. The maximum atomic E-state index is 12.9. The van der Waals surface area contributed by atoms with E-state index in [0.717, 1.165) is 12.8 Å². The first-order valence-corrected chi connectivity index (χ1v) is 10.9. The lowest BCUT2D eigenvalue weighted by Crippen LogP contribution is -2.30. The van der Waals surface area contributed by atoms with Crippen LogP contribution in [0.1, 0.15) is 38.1 Å². The number of nitrogens with zero attached hydrogens (tertiary/aromatic N) is 2. The van der Waals surface area contributed by atoms with Crippen molar-refractivity contribution >= 4 is 28.5 Å². The van der Waals surface area contributed by atoms with Crippen LogP contribution in [0.5, 0.6) is 11.5 Å². The van der Waals surface area contributed by atoms with Crippen molar-refractivity contribution in [1.29, 1.82) is 0 Å². The van der Waals surface area contributed by atoms with E-state index in [9.17, 15) is 14.4 Å². The third-order valence-corrected chi connectivity index (χ3v) is 5.66. The van der Waals surface area contributed by atoms with Crippen molar-refractivity contribution in [3.8, 4) is 11.5 Å². The van der Waals surface area contributed by atoms with E-state index in [1.807, 2.05) is 12.1 Å². The van der Waals surface area contributed by atoms with Gasteiger partial charge in [0.15, 0.2) is 17.6 Å². The van der Waals surface area contributed by atoms with Crippen molar-refractivity contribution in [2.45, 2.75) is 44.8 Å². The number of para-hydroxylation sites is 1. The predicted molar refractivity (Wildman–Crippen MR) is 119 cm³/mol. The fourth-order valence-corrected chi connectivity index (χ4v) is 3.82. The molecule has 1 atom stereocenters. The van der Waals surface area contributed by atoms with Crippen LogP contribution in [0.3, 0.4) is 0 Å². The van der Waals surface area contributed by atoms with E-state index in [4.69, 9.17) is 14.2 Å². The average molecular weight is 449 g/mol. The number of aromatic nitrogens is 2. The highest BCUT2D eigenvalue weighted by Crippen LogP contribution is 2.35. The molecule has 1 unspecified atom stereocenters. The Bertz CT molecular complexity index is 1300. The van der Waals surface area contributed by atoms with Crippen molar-refractivity contribution in [3.63, 3.8) is 0 Å². The molecular formula is C24H23N3O6. The van der Waals surface area contributed by atoms with Crippen molar-refractivity contribution in [2.75, 3.05) is 12.1 Å². The van der Waals surface area contributed by atoms with Gasteiger partial charge in [-0.2, -0.15) is 0 Å². The van der Waals surface area contributed by atoms with Gasteiger partial charge in [-0.25, -0.2) is 4.98 Å². The maximum absolute atomic E-state index is 12.9. The molecule has 0 radical (unpaired) electrons. The standard InChI is InChI=1S/C24H23N3O6/c1-14(23(29)25-15-6-9-19-20(12-15)32-13-31-19)33-22(28)11-10-21-26-18-5-3-2-4-17(18)24(30)27(21)16-7-8-16/h2-6,9,12,14,16H,7-8,10-11,13H2,1H3,(H,25,29). The minimum Gasteiger partial charge on any atom is -0.454 e. The Morgan fingerprint density at radius 2 is 1.97 bits per heavy atom. The summed E-state index contributed by atoms with van der Waals surface area (Å²) in [6.45, 7) is 1.65. The molecule has 2 heterocycles. The number of esters is 1. The SMILES string of the molecule is CC(OC(=O)CCc1nc2ccccc2c(=O)n1C1CC1)C(=O)Nc1ccc2c(c1)OCO2. The van der Waals surface area contributed by atoms with E-state index in [1.165, 1.54) is 6.92 Å². The molecule has 33 heavy (non-hydrogen) atoms. The van der Waals surface area contributed by atoms with Gasteiger partial charge in [0.2, 0.25) is 6.79 Å². The third kappa shape index (κ3) is 4.39. The first kappa shape index (κ1) is 21.0. The largest absolute Gasteiger partial charge is 0.454 e. The zero-order valence-electron chi connectivity index (χ0n) is 18.1. The van der Waals surface area contributed by atoms with E-state index in [1.54, 1.807) is 34.9 Å². The second-order valence-corrected chi connectivity index (χ2v) is 8.14. The Hall–Kier alpha value is -3.88. The van der Waals surface area contributed by atoms with Crippen molar-refractivity contribution in [2.24, 2.45) is 0 Å². The van der Waals surface area contributed by atoms with Crippen LogP contribution in [0.15, 0.2) is 47.3 Å². The van der Waals surface area contributed by atoms with Crippen LogP contribution in [-0.2, 0) is 20.7 Å². The van der Waals surface area contributed by atoms with Crippen molar-refractivity contribution < 1.29 is 23.8 Å². The summed E-state index contributed by atoms with van der Waals surface area (Å²) in [6.07, 6.45) is 1.13. The van der Waals surface area contributed by atoms with Crippen LogP contribution in [-0.4, -0.2) is 34.3 Å². The summed E-state index contributed by atoms with van der Waals surface area (Å²) in [7, 11) is 0. The number of hydrogen-bond acceptors (Lipinski definition) is 7. The van der Waals surface area contributed by atoms with Crippen LogP contribution in [0.25, 0.3) is 10.9 Å². The highest BCUT2D eigenvalue weighted by atomic mass is 16.7. The third-order valence-electron chi connectivity index (χ3n) is 5.66. The van der Waals surface area contributed by atoms with Gasteiger partial charge in [-0.1, -0.05) is 12.1 Å². The minimum absolute atomic E-state index is 0.0130. The van der Waals surface area contributed by atoms with Crippen LogP contribution < -0.4 is 20.3 Å². The summed E-state index contributed by atoms with van der Waals surface area (Å²) in [5, 5.41) is 3.27. The highest BCUT2D eigenvalue weighted by Gasteiger charge is 2.28. The van der Waals surface area contributed by atoms with Crippen LogP contribution in [0.4, 0.5) is 5.69 Å². The van der Waals surface area contributed by atoms with Gasteiger partial charge in [0.1, 0.15) is 5.82 Å². The number of ether oxygens (including phenoxy) is 3. The van der Waals surface area contributed by atoms with Gasteiger partial charge in [-0.3, -0.25) is 19.0 Å². The number of carbonyl (C=O) groups is 2. The molecule has 0 saturated heterocycles. The minimum atomic E-state index is -0.988. The molecule has 2 aromatic carbocycles. The van der Waals surface area contributed by atoms with Gasteiger partial charge < -0.3 is 19.5 Å². The quantitative estimate of drug-likeness (QED) is 0.553. The molecule has 9 heteroatoms. The summed E-state index contributed by atoms with van der Waals surface area (Å²) in [5.74, 6) is 0.728. The van der Waals surface area contributed by atoms with Gasteiger partial charge in [0.25, 0.3) is 11.5 Å². The fourth-order valence-electron chi connectivity index (χ4n) is 3.82. The van der Waals surface area contributed by atoms with E-state index in [-0.39, 0.29) is 31.2 Å². The number of fused-ring (bicyclic) bond motifs is 2. The molecule has 5 rings (SSSR count). The number of amides is 1. The molecule has 1 amide bonds. The molecule has 1 N–H and O–H groups in total. The molecule has 1 aliphatic carbocycles. The monoisotopic (exact) mass is 449 g/mol. The number of aryl methyl sites for hydroxylation is 1. The number of hydrogen-bond donors (Lipinski definition) is 1. The fraction of sp³-hybridized carbons (Fsp3) is 0.333. The lowest BCUT2D eigenvalue weighted by molar-refractivity contribution is -0.153. The van der Waals surface area contributed by atoms with E-state index in [2.05, 4.69) is 10.3 Å². The van der Waals surface area contributed by atoms with E-state index >= 15 is 0 Å². The second kappa shape index (κ2) is 8.57. The van der Waals surface area contributed by atoms with Gasteiger partial charge in [-0.15, -0.1) is 0 Å². The molecule has 2 aliphatic rings. The normalized spacial score (nSPS) is 15.3. The number of nitrogens with one attached hydrogen (secondary N) is 1.